The predicted octanol–water partition coefficient (Wildman–Crippen LogP) is 1.37. The van der Waals surface area contributed by atoms with Crippen molar-refractivity contribution in [2.24, 2.45) is 0 Å². The molecular formula is C13H19N3O. The molecule has 0 aromatic carbocycles. The van der Waals surface area contributed by atoms with Gasteiger partial charge >= 0.3 is 0 Å². The van der Waals surface area contributed by atoms with Crippen LogP contribution in [-0.2, 0) is 0 Å². The Morgan fingerprint density at radius 1 is 1.29 bits per heavy atom. The summed E-state index contributed by atoms with van der Waals surface area (Å²) in [6, 6.07) is 2.75. The lowest BCUT2D eigenvalue weighted by Crippen LogP contribution is -2.56. The lowest BCUT2D eigenvalue weighted by atomic mass is 10.0. The van der Waals surface area contributed by atoms with Crippen molar-refractivity contribution in [2.75, 3.05) is 38.2 Å². The molecule has 2 fully saturated rings. The van der Waals surface area contributed by atoms with Crippen molar-refractivity contribution < 1.29 is 4.74 Å². The minimum atomic E-state index is 0.659. The van der Waals surface area contributed by atoms with Gasteiger partial charge in [-0.15, -0.1) is 0 Å². The number of hydrogen-bond donors (Lipinski definition) is 0. The maximum Gasteiger partial charge on any atom is 0.139 e. The molecule has 2 aliphatic rings. The number of piperazine rings is 1. The fourth-order valence-electron chi connectivity index (χ4n) is 2.94. The maximum atomic E-state index is 5.25. The van der Waals surface area contributed by atoms with Crippen LogP contribution in [-0.4, -0.2) is 49.2 Å². The van der Waals surface area contributed by atoms with Gasteiger partial charge < -0.3 is 9.64 Å². The van der Waals surface area contributed by atoms with Gasteiger partial charge in [-0.1, -0.05) is 0 Å². The van der Waals surface area contributed by atoms with E-state index in [9.17, 15) is 0 Å². The number of rotatable bonds is 2. The summed E-state index contributed by atoms with van der Waals surface area (Å²) in [5.41, 5.74) is 1.20. The van der Waals surface area contributed by atoms with Crippen molar-refractivity contribution >= 4 is 5.69 Å². The highest BCUT2D eigenvalue weighted by Gasteiger charge is 2.30. The first kappa shape index (κ1) is 10.8. The molecule has 4 heteroatoms. The molecule has 2 unspecified atom stereocenters. The molecule has 0 aliphatic carbocycles. The number of methoxy groups -OCH3 is 1. The largest absolute Gasteiger partial charge is 0.495 e. The molecule has 4 nitrogen and oxygen atoms in total. The van der Waals surface area contributed by atoms with Gasteiger partial charge in [0.15, 0.2) is 0 Å². The Balaban J connectivity index is 1.82. The number of nitrogens with zero attached hydrogens (tertiary/aromatic N) is 3. The number of anilines is 1. The van der Waals surface area contributed by atoms with Crippen molar-refractivity contribution in [1.29, 1.82) is 0 Å². The van der Waals surface area contributed by atoms with E-state index in [0.29, 0.717) is 6.04 Å². The fraction of sp³-hybridized carbons (Fsp3) is 0.615. The van der Waals surface area contributed by atoms with Crippen LogP contribution in [0.4, 0.5) is 5.69 Å². The van der Waals surface area contributed by atoms with Gasteiger partial charge in [0.25, 0.3) is 0 Å². The monoisotopic (exact) mass is 233 g/mol. The van der Waals surface area contributed by atoms with Crippen LogP contribution in [0.5, 0.6) is 5.75 Å². The average molecular weight is 233 g/mol. The quantitative estimate of drug-likeness (QED) is 0.771. The van der Waals surface area contributed by atoms with E-state index in [1.54, 1.807) is 13.3 Å². The van der Waals surface area contributed by atoms with Crippen molar-refractivity contribution in [3.8, 4) is 5.75 Å². The topological polar surface area (TPSA) is 28.6 Å². The number of piperidine rings is 1. The van der Waals surface area contributed by atoms with Crippen LogP contribution in [0.1, 0.15) is 12.8 Å². The maximum absolute atomic E-state index is 5.25. The first-order valence-corrected chi connectivity index (χ1v) is 6.35. The number of aromatic nitrogens is 1. The Morgan fingerprint density at radius 3 is 3.12 bits per heavy atom. The SMILES string of the molecule is COc1cncc(N2CCN3CCCC2C3)c1. The third-order valence-corrected chi connectivity index (χ3v) is 3.84. The first-order chi connectivity index (χ1) is 8.36. The lowest BCUT2D eigenvalue weighted by molar-refractivity contribution is 0.174. The zero-order valence-electron chi connectivity index (χ0n) is 10.3. The van der Waals surface area contributed by atoms with E-state index in [1.165, 1.54) is 38.2 Å². The van der Waals surface area contributed by atoms with E-state index in [-0.39, 0.29) is 0 Å². The zero-order chi connectivity index (χ0) is 11.7. The molecule has 0 radical (unpaired) electrons. The van der Waals surface area contributed by atoms with E-state index in [1.807, 2.05) is 6.20 Å². The summed E-state index contributed by atoms with van der Waals surface area (Å²) >= 11 is 0. The van der Waals surface area contributed by atoms with Crippen LogP contribution in [0.3, 0.4) is 0 Å². The van der Waals surface area contributed by atoms with Gasteiger partial charge in [0.05, 0.1) is 25.2 Å². The third kappa shape index (κ3) is 2.09. The summed E-state index contributed by atoms with van der Waals surface area (Å²) in [5.74, 6) is 0.848. The molecule has 0 N–H and O–H groups in total. The number of ether oxygens (including phenoxy) is 1. The molecule has 2 aliphatic heterocycles. The van der Waals surface area contributed by atoms with Gasteiger partial charge in [-0.2, -0.15) is 0 Å². The number of fused-ring (bicyclic) bond motifs is 2. The third-order valence-electron chi connectivity index (χ3n) is 3.84. The Hall–Kier alpha value is -1.29. The molecule has 0 amide bonds. The summed E-state index contributed by atoms with van der Waals surface area (Å²) in [5, 5.41) is 0. The first-order valence-electron chi connectivity index (χ1n) is 6.35. The van der Waals surface area contributed by atoms with E-state index in [4.69, 9.17) is 4.74 Å². The smallest absolute Gasteiger partial charge is 0.139 e. The summed E-state index contributed by atoms with van der Waals surface area (Å²) in [4.78, 5) is 9.32. The molecule has 17 heavy (non-hydrogen) atoms. The van der Waals surface area contributed by atoms with Crippen LogP contribution < -0.4 is 9.64 Å². The Kier molecular flexibility index (Phi) is 2.89. The molecule has 1 aromatic heterocycles. The normalized spacial score (nSPS) is 27.9. The Bertz CT molecular complexity index is 396. The zero-order valence-corrected chi connectivity index (χ0v) is 10.3. The Labute approximate surface area is 102 Å². The molecule has 2 bridgehead atoms. The van der Waals surface area contributed by atoms with Crippen molar-refractivity contribution in [2.45, 2.75) is 18.9 Å². The molecular weight excluding hydrogens is 214 g/mol. The highest BCUT2D eigenvalue weighted by Crippen LogP contribution is 2.27. The molecule has 2 saturated heterocycles. The fourth-order valence-corrected chi connectivity index (χ4v) is 2.94. The molecule has 92 valence electrons. The van der Waals surface area contributed by atoms with Crippen LogP contribution in [0, 0.1) is 0 Å². The number of hydrogen-bond acceptors (Lipinski definition) is 4. The summed E-state index contributed by atoms with van der Waals surface area (Å²) in [6.45, 7) is 4.77. The molecule has 1 aromatic rings. The van der Waals surface area contributed by atoms with Crippen LogP contribution in [0.15, 0.2) is 18.5 Å². The van der Waals surface area contributed by atoms with E-state index >= 15 is 0 Å². The summed E-state index contributed by atoms with van der Waals surface area (Å²) in [6.07, 6.45) is 6.33. The second kappa shape index (κ2) is 4.53. The second-order valence-electron chi connectivity index (χ2n) is 4.87. The molecule has 3 rings (SSSR count). The van der Waals surface area contributed by atoms with Gasteiger partial charge in [-0.3, -0.25) is 9.88 Å². The van der Waals surface area contributed by atoms with E-state index in [2.05, 4.69) is 20.9 Å². The van der Waals surface area contributed by atoms with Crippen LogP contribution >= 0.6 is 0 Å². The van der Waals surface area contributed by atoms with Gasteiger partial charge in [-0.05, 0) is 19.4 Å². The molecule has 2 atom stereocenters. The highest BCUT2D eigenvalue weighted by atomic mass is 16.5. The van der Waals surface area contributed by atoms with Crippen molar-refractivity contribution in [1.82, 2.24) is 9.88 Å². The van der Waals surface area contributed by atoms with Gasteiger partial charge in [0.1, 0.15) is 5.75 Å². The number of pyridine rings is 1. The van der Waals surface area contributed by atoms with Gasteiger partial charge in [-0.25, -0.2) is 0 Å². The molecule has 3 heterocycles. The average Bonchev–Trinajstić information content (AvgIpc) is 2.39. The Morgan fingerprint density at radius 2 is 2.24 bits per heavy atom. The summed E-state index contributed by atoms with van der Waals surface area (Å²) < 4.78 is 5.25. The second-order valence-corrected chi connectivity index (χ2v) is 4.87. The minimum Gasteiger partial charge on any atom is -0.495 e. The standard InChI is InChI=1S/C13H19N3O/c1-17-13-7-12(8-14-9-13)16-6-5-15-4-2-3-11(16)10-15/h7-9,11H,2-6,10H2,1H3. The van der Waals surface area contributed by atoms with Crippen LogP contribution in [0.25, 0.3) is 0 Å². The van der Waals surface area contributed by atoms with E-state index < -0.39 is 0 Å². The van der Waals surface area contributed by atoms with Crippen molar-refractivity contribution in [3.63, 3.8) is 0 Å². The van der Waals surface area contributed by atoms with Gasteiger partial charge in [0.2, 0.25) is 0 Å². The van der Waals surface area contributed by atoms with Crippen LogP contribution in [0.2, 0.25) is 0 Å². The molecule has 0 spiro atoms. The summed E-state index contributed by atoms with van der Waals surface area (Å²) in [7, 11) is 1.69. The predicted molar refractivity (Wildman–Crippen MR) is 67.6 cm³/mol. The van der Waals surface area contributed by atoms with Gasteiger partial charge in [0, 0.05) is 31.7 Å². The van der Waals surface area contributed by atoms with E-state index in [0.717, 1.165) is 12.3 Å². The lowest BCUT2D eigenvalue weighted by Gasteiger charge is -2.46. The minimum absolute atomic E-state index is 0.659. The highest BCUT2D eigenvalue weighted by molar-refractivity contribution is 5.49. The molecule has 0 saturated carbocycles. The van der Waals surface area contributed by atoms with Crippen molar-refractivity contribution in [3.05, 3.63) is 18.5 Å².